The molecule has 0 bridgehead atoms. The van der Waals surface area contributed by atoms with Crippen molar-refractivity contribution in [3.05, 3.63) is 65.0 Å². The molecule has 8 heteroatoms. The lowest BCUT2D eigenvalue weighted by molar-refractivity contribution is -0.113. The van der Waals surface area contributed by atoms with Crippen LogP contribution in [0.25, 0.3) is 11.1 Å². The average molecular weight is 367 g/mol. The van der Waals surface area contributed by atoms with Gasteiger partial charge in [0.05, 0.1) is 5.75 Å². The maximum Gasteiger partial charge on any atom is 0.276 e. The van der Waals surface area contributed by atoms with E-state index in [9.17, 15) is 9.59 Å². The molecule has 1 amide bonds. The molecule has 0 radical (unpaired) electrons. The van der Waals surface area contributed by atoms with Crippen molar-refractivity contribution in [3.8, 4) is 11.1 Å². The van der Waals surface area contributed by atoms with E-state index in [2.05, 4.69) is 15.3 Å². The van der Waals surface area contributed by atoms with E-state index < -0.39 is 5.56 Å². The highest BCUT2D eigenvalue weighted by Crippen LogP contribution is 2.27. The van der Waals surface area contributed by atoms with E-state index in [1.807, 2.05) is 54.6 Å². The second kappa shape index (κ2) is 7.75. The van der Waals surface area contributed by atoms with Crippen LogP contribution in [0, 0.1) is 0 Å². The van der Waals surface area contributed by atoms with Gasteiger partial charge < -0.3 is 16.8 Å². The number of carbonyl (C=O) groups excluding carboxylic acids is 1. The third kappa shape index (κ3) is 4.04. The number of nitrogens with two attached hydrogens (primary N) is 2. The van der Waals surface area contributed by atoms with Crippen LogP contribution in [-0.2, 0) is 4.79 Å². The highest BCUT2D eigenvalue weighted by atomic mass is 32.2. The largest absolute Gasteiger partial charge is 0.391 e. The number of amides is 1. The number of hydrogen-bond acceptors (Lipinski definition) is 6. The van der Waals surface area contributed by atoms with Gasteiger partial charge in [0.1, 0.15) is 5.69 Å². The lowest BCUT2D eigenvalue weighted by Crippen LogP contribution is -2.18. The van der Waals surface area contributed by atoms with Crippen molar-refractivity contribution in [1.82, 2.24) is 9.97 Å². The van der Waals surface area contributed by atoms with E-state index in [4.69, 9.17) is 11.5 Å². The molecular weight excluding hydrogens is 350 g/mol. The van der Waals surface area contributed by atoms with Gasteiger partial charge in [0.25, 0.3) is 5.56 Å². The molecule has 1 heterocycles. The second-order valence-corrected chi connectivity index (χ2v) is 6.38. The summed E-state index contributed by atoms with van der Waals surface area (Å²) in [5.74, 6) is -0.211. The van der Waals surface area contributed by atoms with Crippen molar-refractivity contribution in [1.29, 1.82) is 0 Å². The van der Waals surface area contributed by atoms with E-state index in [0.29, 0.717) is 5.69 Å². The molecule has 6 N–H and O–H groups in total. The molecule has 0 fully saturated rings. The minimum Gasteiger partial charge on any atom is -0.391 e. The predicted molar refractivity (Wildman–Crippen MR) is 105 cm³/mol. The summed E-state index contributed by atoms with van der Waals surface area (Å²) in [4.78, 5) is 30.3. The fourth-order valence-electron chi connectivity index (χ4n) is 2.33. The van der Waals surface area contributed by atoms with Gasteiger partial charge in [-0.25, -0.2) is 4.98 Å². The summed E-state index contributed by atoms with van der Waals surface area (Å²) < 4.78 is 0. The number of hydrogen-bond donors (Lipinski definition) is 4. The number of benzene rings is 2. The summed E-state index contributed by atoms with van der Waals surface area (Å²) in [7, 11) is 0. The number of aromatic nitrogens is 2. The second-order valence-electron chi connectivity index (χ2n) is 5.42. The Labute approximate surface area is 153 Å². The van der Waals surface area contributed by atoms with Gasteiger partial charge in [0, 0.05) is 11.3 Å². The van der Waals surface area contributed by atoms with Crippen LogP contribution in [0.15, 0.2) is 64.5 Å². The highest BCUT2D eigenvalue weighted by Gasteiger charge is 2.11. The molecule has 0 spiro atoms. The number of nitrogen functional groups attached to an aromatic ring is 2. The summed E-state index contributed by atoms with van der Waals surface area (Å²) in [5.41, 5.74) is 13.0. The Balaban J connectivity index is 1.71. The normalized spacial score (nSPS) is 10.5. The first-order chi connectivity index (χ1) is 12.5. The van der Waals surface area contributed by atoms with Gasteiger partial charge in [-0.3, -0.25) is 14.6 Å². The fourth-order valence-corrected chi connectivity index (χ4v) is 3.00. The number of thioether (sulfide) groups is 1. The first-order valence-corrected chi connectivity index (χ1v) is 8.75. The summed E-state index contributed by atoms with van der Waals surface area (Å²) in [6.45, 7) is 0. The molecule has 3 aromatic rings. The van der Waals surface area contributed by atoms with Crippen LogP contribution in [0.4, 0.5) is 17.2 Å². The molecule has 0 atom stereocenters. The van der Waals surface area contributed by atoms with Crippen LogP contribution >= 0.6 is 11.8 Å². The zero-order valence-electron chi connectivity index (χ0n) is 13.7. The Kier molecular flexibility index (Phi) is 5.23. The van der Waals surface area contributed by atoms with Gasteiger partial charge in [0.2, 0.25) is 5.91 Å². The van der Waals surface area contributed by atoms with Gasteiger partial charge >= 0.3 is 0 Å². The van der Waals surface area contributed by atoms with E-state index in [1.165, 1.54) is 0 Å². The van der Waals surface area contributed by atoms with Crippen LogP contribution < -0.4 is 22.3 Å². The molecule has 0 aliphatic rings. The van der Waals surface area contributed by atoms with E-state index in [1.54, 1.807) is 0 Å². The number of H-pyrrole nitrogens is 1. The summed E-state index contributed by atoms with van der Waals surface area (Å²) in [5, 5.41) is 3.13. The highest BCUT2D eigenvalue weighted by molar-refractivity contribution is 7.99. The summed E-state index contributed by atoms with van der Waals surface area (Å²) in [6, 6.07) is 17.3. The van der Waals surface area contributed by atoms with Crippen molar-refractivity contribution in [3.63, 3.8) is 0 Å². The van der Waals surface area contributed by atoms with Crippen LogP contribution in [0.3, 0.4) is 0 Å². The standard InChI is InChI=1S/C18H17N5O2S/c19-15-16(20)22-18(23-17(15)25)26-10-14(24)21-13-9-5-4-8-12(13)11-6-2-1-3-7-11/h1-9H,10,19H2,(H,21,24)(H3,20,22,23,25). The molecule has 0 aliphatic carbocycles. The molecule has 0 saturated carbocycles. The smallest absolute Gasteiger partial charge is 0.276 e. The number of nitrogens with zero attached hydrogens (tertiary/aromatic N) is 1. The minimum atomic E-state index is -0.519. The average Bonchev–Trinajstić information content (AvgIpc) is 2.65. The third-order valence-corrected chi connectivity index (χ3v) is 4.46. The first kappa shape index (κ1) is 17.6. The van der Waals surface area contributed by atoms with E-state index in [0.717, 1.165) is 22.9 Å². The number of aromatic amines is 1. The fraction of sp³-hybridized carbons (Fsp3) is 0.0556. The van der Waals surface area contributed by atoms with Gasteiger partial charge in [-0.05, 0) is 11.6 Å². The van der Waals surface area contributed by atoms with Crippen LogP contribution in [0.1, 0.15) is 0 Å². The Morgan fingerprint density at radius 2 is 1.77 bits per heavy atom. The molecule has 0 aliphatic heterocycles. The lowest BCUT2D eigenvalue weighted by atomic mass is 10.0. The molecule has 2 aromatic carbocycles. The van der Waals surface area contributed by atoms with Crippen molar-refractivity contribution in [2.45, 2.75) is 5.16 Å². The topological polar surface area (TPSA) is 127 Å². The van der Waals surface area contributed by atoms with E-state index in [-0.39, 0.29) is 28.3 Å². The molecule has 1 aromatic heterocycles. The Morgan fingerprint density at radius 1 is 1.08 bits per heavy atom. The van der Waals surface area contributed by atoms with Crippen LogP contribution in [-0.4, -0.2) is 21.6 Å². The van der Waals surface area contributed by atoms with Gasteiger partial charge in [0.15, 0.2) is 11.0 Å². The SMILES string of the molecule is Nc1nc(SCC(=O)Nc2ccccc2-c2ccccc2)[nH]c(=O)c1N. The first-order valence-electron chi connectivity index (χ1n) is 7.77. The molecule has 3 rings (SSSR count). The van der Waals surface area contributed by atoms with Crippen molar-refractivity contribution >= 4 is 34.9 Å². The minimum absolute atomic E-state index is 0.0499. The maximum absolute atomic E-state index is 12.3. The summed E-state index contributed by atoms with van der Waals surface area (Å²) in [6.07, 6.45) is 0. The summed E-state index contributed by atoms with van der Waals surface area (Å²) >= 11 is 1.07. The number of para-hydroxylation sites is 1. The molecule has 0 saturated heterocycles. The van der Waals surface area contributed by atoms with E-state index >= 15 is 0 Å². The Morgan fingerprint density at radius 3 is 2.50 bits per heavy atom. The molecule has 132 valence electrons. The van der Waals surface area contributed by atoms with Gasteiger partial charge in [-0.2, -0.15) is 0 Å². The Bertz CT molecular complexity index is 988. The van der Waals surface area contributed by atoms with Gasteiger partial charge in [-0.1, -0.05) is 60.3 Å². The third-order valence-electron chi connectivity index (χ3n) is 3.59. The molecule has 26 heavy (non-hydrogen) atoms. The lowest BCUT2D eigenvalue weighted by Gasteiger charge is -2.11. The quantitative estimate of drug-likeness (QED) is 0.405. The van der Waals surface area contributed by atoms with Crippen molar-refractivity contribution in [2.75, 3.05) is 22.5 Å². The molecular formula is C18H17N5O2S. The van der Waals surface area contributed by atoms with Crippen molar-refractivity contribution < 1.29 is 4.79 Å². The predicted octanol–water partition coefficient (Wildman–Crippen LogP) is 2.33. The monoisotopic (exact) mass is 367 g/mol. The van der Waals surface area contributed by atoms with Crippen molar-refractivity contribution in [2.24, 2.45) is 0 Å². The number of carbonyl (C=O) groups is 1. The maximum atomic E-state index is 12.3. The number of anilines is 3. The number of nitrogens with one attached hydrogen (secondary N) is 2. The van der Waals surface area contributed by atoms with Gasteiger partial charge in [-0.15, -0.1) is 0 Å². The Hall–Kier alpha value is -3.26. The zero-order chi connectivity index (χ0) is 18.5. The molecule has 7 nitrogen and oxygen atoms in total. The van der Waals surface area contributed by atoms with Crippen LogP contribution in [0.2, 0.25) is 0 Å². The van der Waals surface area contributed by atoms with Crippen LogP contribution in [0.5, 0.6) is 0 Å². The molecule has 0 unspecified atom stereocenters. The zero-order valence-corrected chi connectivity index (χ0v) is 14.5. The number of rotatable bonds is 5.